The summed E-state index contributed by atoms with van der Waals surface area (Å²) in [6.45, 7) is 5.50. The van der Waals surface area contributed by atoms with E-state index in [1.807, 2.05) is 5.32 Å². The van der Waals surface area contributed by atoms with Crippen LogP contribution in [0.15, 0.2) is 12.2 Å². The van der Waals surface area contributed by atoms with Crippen LogP contribution in [0.4, 0.5) is 4.79 Å². The molecule has 8 heteroatoms. The number of amides is 1. The molecular weight excluding hydrogens is 246 g/mol. The third-order valence-electron chi connectivity index (χ3n) is 1.38. The number of carbonyl (C=O) groups is 2. The van der Waals surface area contributed by atoms with Gasteiger partial charge in [-0.3, -0.25) is 5.32 Å². The average Bonchev–Trinajstić information content (AvgIpc) is 2.27. The van der Waals surface area contributed by atoms with Crippen molar-refractivity contribution in [2.45, 2.75) is 26.2 Å². The van der Waals surface area contributed by atoms with Gasteiger partial charge in [-0.05, 0) is 13.8 Å². The van der Waals surface area contributed by atoms with E-state index in [0.29, 0.717) is 0 Å². The summed E-state index contributed by atoms with van der Waals surface area (Å²) in [5, 5.41) is 34.2. The molecule has 0 aromatic heterocycles. The van der Waals surface area contributed by atoms with Crippen molar-refractivity contribution in [3.63, 3.8) is 0 Å². The molecule has 0 saturated carbocycles. The van der Waals surface area contributed by atoms with Crippen LogP contribution in [0.3, 0.4) is 0 Å². The Morgan fingerprint density at radius 2 is 1.78 bits per heavy atom. The minimum Gasteiger partial charge on any atom is -0.465 e. The van der Waals surface area contributed by atoms with E-state index in [9.17, 15) is 9.59 Å². The van der Waals surface area contributed by atoms with Gasteiger partial charge in [0.25, 0.3) is 0 Å². The minimum atomic E-state index is -1.24. The number of esters is 1. The van der Waals surface area contributed by atoms with Crippen LogP contribution in [-0.4, -0.2) is 58.0 Å². The lowest BCUT2D eigenvalue weighted by Gasteiger charge is -2.11. The van der Waals surface area contributed by atoms with Crippen molar-refractivity contribution >= 4 is 12.1 Å². The average molecular weight is 265 g/mol. The Morgan fingerprint density at radius 3 is 2.00 bits per heavy atom. The second-order valence-corrected chi connectivity index (χ2v) is 3.30. The van der Waals surface area contributed by atoms with Gasteiger partial charge in [0.15, 0.2) is 6.23 Å². The number of hydrogen-bond donors (Lipinski definition) is 5. The second-order valence-electron chi connectivity index (χ2n) is 3.30. The van der Waals surface area contributed by atoms with E-state index < -0.39 is 24.4 Å². The maximum Gasteiger partial charge on any atom is 0.407 e. The summed E-state index contributed by atoms with van der Waals surface area (Å²) in [6.07, 6.45) is -3.05. The molecule has 1 amide bonds. The number of carboxylic acid groups (broad SMARTS) is 1. The fraction of sp³-hybridized carbons (Fsp3) is 0.600. The van der Waals surface area contributed by atoms with Crippen LogP contribution in [0.25, 0.3) is 0 Å². The van der Waals surface area contributed by atoms with Crippen LogP contribution in [0.1, 0.15) is 13.8 Å². The summed E-state index contributed by atoms with van der Waals surface area (Å²) >= 11 is 0. The molecule has 0 aliphatic heterocycles. The van der Waals surface area contributed by atoms with E-state index in [1.54, 1.807) is 0 Å². The molecule has 0 aromatic rings. The van der Waals surface area contributed by atoms with Gasteiger partial charge in [-0.2, -0.15) is 0 Å². The van der Waals surface area contributed by atoms with Crippen molar-refractivity contribution in [2.24, 2.45) is 0 Å². The monoisotopic (exact) mass is 265 g/mol. The van der Waals surface area contributed by atoms with E-state index >= 15 is 0 Å². The number of hydrogen-bond acceptors (Lipinski definition) is 6. The second kappa shape index (κ2) is 10.5. The van der Waals surface area contributed by atoms with Crippen molar-refractivity contribution in [3.8, 4) is 0 Å². The van der Waals surface area contributed by atoms with Gasteiger partial charge in [-0.15, -0.1) is 0 Å². The number of rotatable bonds is 5. The molecule has 0 aliphatic carbocycles. The Labute approximate surface area is 105 Å². The highest BCUT2D eigenvalue weighted by Crippen LogP contribution is 1.95. The van der Waals surface area contributed by atoms with Crippen LogP contribution in [0.5, 0.6) is 0 Å². The largest absolute Gasteiger partial charge is 0.465 e. The minimum absolute atomic E-state index is 0.231. The number of carbonyl (C=O) groups excluding carboxylic acids is 1. The van der Waals surface area contributed by atoms with Crippen LogP contribution >= 0.6 is 0 Å². The van der Waals surface area contributed by atoms with Crippen molar-refractivity contribution in [1.82, 2.24) is 5.32 Å². The molecular formula is C10H19NO7. The molecule has 0 aliphatic rings. The van der Waals surface area contributed by atoms with Gasteiger partial charge in [0.05, 0.1) is 13.2 Å². The predicted molar refractivity (Wildman–Crippen MR) is 61.7 cm³/mol. The van der Waals surface area contributed by atoms with Crippen LogP contribution in [0.2, 0.25) is 0 Å². The molecule has 0 radical (unpaired) electrons. The first-order valence-electron chi connectivity index (χ1n) is 5.00. The Kier molecular flexibility index (Phi) is 10.9. The molecule has 1 atom stereocenters. The van der Waals surface area contributed by atoms with E-state index in [0.717, 1.165) is 0 Å². The van der Waals surface area contributed by atoms with Gasteiger partial charge in [0, 0.05) is 5.57 Å². The lowest BCUT2D eigenvalue weighted by atomic mass is 10.4. The summed E-state index contributed by atoms with van der Waals surface area (Å²) < 4.78 is 4.59. The zero-order valence-electron chi connectivity index (χ0n) is 10.3. The Morgan fingerprint density at radius 1 is 1.33 bits per heavy atom. The molecule has 0 rings (SSSR count). The SMILES string of the molecule is C=C(C)C(=O)OC(C)NC(=O)O.OCC(O)CO. The van der Waals surface area contributed by atoms with Crippen molar-refractivity contribution < 1.29 is 34.8 Å². The maximum absolute atomic E-state index is 10.8. The fourth-order valence-corrected chi connectivity index (χ4v) is 0.522. The predicted octanol–water partition coefficient (Wildman–Crippen LogP) is -0.949. The zero-order chi connectivity index (χ0) is 14.7. The lowest BCUT2D eigenvalue weighted by molar-refractivity contribution is -0.144. The Bertz CT molecular complexity index is 275. The first-order chi connectivity index (χ1) is 8.24. The molecule has 0 bridgehead atoms. The van der Waals surface area contributed by atoms with Crippen molar-refractivity contribution in [1.29, 1.82) is 0 Å². The standard InChI is InChI=1S/C7H11NO4.C3H8O3/c1-4(2)6(9)12-5(3)8-7(10)11;4-1-3(6)2-5/h5,8H,1H2,2-3H3,(H,10,11);3-6H,1-2H2. The number of nitrogens with one attached hydrogen (secondary N) is 1. The molecule has 0 aromatic carbocycles. The molecule has 0 saturated heterocycles. The summed E-state index contributed by atoms with van der Waals surface area (Å²) in [4.78, 5) is 20.8. The van der Waals surface area contributed by atoms with Gasteiger partial charge in [-0.25, -0.2) is 9.59 Å². The van der Waals surface area contributed by atoms with Crippen molar-refractivity contribution in [3.05, 3.63) is 12.2 Å². The maximum atomic E-state index is 10.8. The molecule has 5 N–H and O–H groups in total. The van der Waals surface area contributed by atoms with Crippen LogP contribution in [0, 0.1) is 0 Å². The summed E-state index contributed by atoms with van der Waals surface area (Å²) in [5.74, 6) is -0.615. The van der Waals surface area contributed by atoms with Gasteiger partial charge in [-0.1, -0.05) is 6.58 Å². The summed E-state index contributed by atoms with van der Waals surface area (Å²) in [5.41, 5.74) is 0.231. The highest BCUT2D eigenvalue weighted by molar-refractivity contribution is 5.87. The third kappa shape index (κ3) is 12.4. The first kappa shape index (κ1) is 18.7. The molecule has 18 heavy (non-hydrogen) atoms. The van der Waals surface area contributed by atoms with E-state index in [1.165, 1.54) is 13.8 Å². The van der Waals surface area contributed by atoms with Crippen molar-refractivity contribution in [2.75, 3.05) is 13.2 Å². The molecule has 0 heterocycles. The van der Waals surface area contributed by atoms with E-state index in [-0.39, 0.29) is 18.8 Å². The molecule has 8 nitrogen and oxygen atoms in total. The van der Waals surface area contributed by atoms with Gasteiger partial charge >= 0.3 is 12.1 Å². The number of ether oxygens (including phenoxy) is 1. The van der Waals surface area contributed by atoms with Gasteiger partial charge in [0.1, 0.15) is 6.10 Å². The smallest absolute Gasteiger partial charge is 0.407 e. The topological polar surface area (TPSA) is 136 Å². The third-order valence-corrected chi connectivity index (χ3v) is 1.38. The lowest BCUT2D eigenvalue weighted by Crippen LogP contribution is -2.35. The normalized spacial score (nSPS) is 11.0. The quantitative estimate of drug-likeness (QED) is 0.245. The van der Waals surface area contributed by atoms with Gasteiger partial charge < -0.3 is 25.2 Å². The summed E-state index contributed by atoms with van der Waals surface area (Å²) in [6, 6.07) is 0. The number of aliphatic hydroxyl groups excluding tert-OH is 3. The molecule has 0 fully saturated rings. The van der Waals surface area contributed by atoms with Gasteiger partial charge in [0.2, 0.25) is 0 Å². The molecule has 1 unspecified atom stereocenters. The Hall–Kier alpha value is -1.64. The van der Waals surface area contributed by atoms with Crippen LogP contribution in [-0.2, 0) is 9.53 Å². The highest BCUT2D eigenvalue weighted by Gasteiger charge is 2.10. The van der Waals surface area contributed by atoms with E-state index in [2.05, 4.69) is 11.3 Å². The summed E-state index contributed by atoms with van der Waals surface area (Å²) in [7, 11) is 0. The molecule has 106 valence electrons. The Balaban J connectivity index is 0. The van der Waals surface area contributed by atoms with Crippen LogP contribution < -0.4 is 5.32 Å². The first-order valence-corrected chi connectivity index (χ1v) is 5.00. The zero-order valence-corrected chi connectivity index (χ0v) is 10.3. The molecule has 0 spiro atoms. The van der Waals surface area contributed by atoms with E-state index in [4.69, 9.17) is 20.4 Å². The fourth-order valence-electron chi connectivity index (χ4n) is 0.522. The number of aliphatic hydroxyl groups is 3. The highest BCUT2D eigenvalue weighted by atomic mass is 16.6.